The van der Waals surface area contributed by atoms with Gasteiger partial charge in [-0.05, 0) is 29.8 Å². The monoisotopic (exact) mass is 368 g/mol. The van der Waals surface area contributed by atoms with Crippen LogP contribution in [0.25, 0.3) is 22.5 Å². The lowest BCUT2D eigenvalue weighted by Gasteiger charge is -2.05. The molecule has 0 unspecified atom stereocenters. The first-order chi connectivity index (χ1) is 13.0. The second-order valence-electron chi connectivity index (χ2n) is 5.74. The second kappa shape index (κ2) is 6.52. The van der Waals surface area contributed by atoms with Crippen molar-refractivity contribution in [2.24, 2.45) is 0 Å². The molecule has 0 amide bonds. The third-order valence-electron chi connectivity index (χ3n) is 3.98. The Morgan fingerprint density at radius 2 is 2.00 bits per heavy atom. The number of carbonyl (C=O) groups is 1. The summed E-state index contributed by atoms with van der Waals surface area (Å²) in [4.78, 5) is 17.9. The lowest BCUT2D eigenvalue weighted by Crippen LogP contribution is -1.98. The number of halogens is 1. The summed E-state index contributed by atoms with van der Waals surface area (Å²) in [6, 6.07) is 9.35. The highest BCUT2D eigenvalue weighted by atomic mass is 19.1. The molecule has 0 radical (unpaired) electrons. The van der Waals surface area contributed by atoms with E-state index < -0.39 is 5.97 Å². The Balaban J connectivity index is 1.70. The van der Waals surface area contributed by atoms with E-state index in [2.05, 4.69) is 20.2 Å². The van der Waals surface area contributed by atoms with Crippen LogP contribution < -0.4 is 4.74 Å². The lowest BCUT2D eigenvalue weighted by molar-refractivity contribution is 0.0685. The number of fused-ring (bicyclic) bond motifs is 1. The van der Waals surface area contributed by atoms with Crippen LogP contribution in [0.1, 0.15) is 22.1 Å². The van der Waals surface area contributed by atoms with E-state index in [1.165, 1.54) is 19.2 Å². The lowest BCUT2D eigenvalue weighted by atomic mass is 10.1. The number of aromatic amines is 1. The number of methoxy groups -OCH3 is 1. The van der Waals surface area contributed by atoms with Gasteiger partial charge in [0.25, 0.3) is 5.89 Å². The molecule has 0 saturated heterocycles. The zero-order valence-electron chi connectivity index (χ0n) is 14.1. The summed E-state index contributed by atoms with van der Waals surface area (Å²) in [6.45, 7) is 0. The second-order valence-corrected chi connectivity index (χ2v) is 5.74. The van der Waals surface area contributed by atoms with Gasteiger partial charge in [0.15, 0.2) is 5.75 Å². The van der Waals surface area contributed by atoms with Gasteiger partial charge in [0, 0.05) is 0 Å². The molecular weight excluding hydrogens is 355 g/mol. The van der Waals surface area contributed by atoms with Crippen molar-refractivity contribution in [1.29, 1.82) is 0 Å². The molecule has 27 heavy (non-hydrogen) atoms. The maximum Gasteiger partial charge on any atom is 0.371 e. The van der Waals surface area contributed by atoms with Crippen LogP contribution in [-0.4, -0.2) is 38.4 Å². The van der Waals surface area contributed by atoms with Gasteiger partial charge in [-0.3, -0.25) is 0 Å². The third kappa shape index (κ3) is 3.10. The first-order valence-corrected chi connectivity index (χ1v) is 7.92. The van der Waals surface area contributed by atoms with E-state index in [0.29, 0.717) is 34.7 Å². The van der Waals surface area contributed by atoms with Gasteiger partial charge in [0.2, 0.25) is 11.7 Å². The van der Waals surface area contributed by atoms with Crippen LogP contribution in [-0.2, 0) is 6.42 Å². The molecule has 0 bridgehead atoms. The Bertz CT molecular complexity index is 1130. The Kier molecular flexibility index (Phi) is 4.03. The van der Waals surface area contributed by atoms with Gasteiger partial charge in [-0.1, -0.05) is 12.1 Å². The standard InChI is InChI=1S/C18H13FN4O4/c1-26-15-11(6-7-12-14(15)21-16(20-12)18(24)25)17-23-22-13(27-17)8-9-2-4-10(19)5-3-9/h2-7H,8H2,1H3,(H,20,21)(H,24,25). The van der Waals surface area contributed by atoms with E-state index in [1.54, 1.807) is 24.3 Å². The highest BCUT2D eigenvalue weighted by Crippen LogP contribution is 2.35. The number of imidazole rings is 1. The molecule has 4 aromatic rings. The van der Waals surface area contributed by atoms with Gasteiger partial charge in [-0.2, -0.15) is 0 Å². The molecule has 0 saturated carbocycles. The third-order valence-corrected chi connectivity index (χ3v) is 3.98. The number of ether oxygens (including phenoxy) is 1. The number of aromatic carboxylic acids is 1. The quantitative estimate of drug-likeness (QED) is 0.556. The minimum absolute atomic E-state index is 0.192. The summed E-state index contributed by atoms with van der Waals surface area (Å²) in [6.07, 6.45) is 0.351. The van der Waals surface area contributed by atoms with Crippen LogP contribution in [0.2, 0.25) is 0 Å². The molecule has 9 heteroatoms. The number of H-pyrrole nitrogens is 1. The molecular formula is C18H13FN4O4. The van der Waals surface area contributed by atoms with Crippen molar-refractivity contribution in [3.8, 4) is 17.2 Å². The minimum Gasteiger partial charge on any atom is -0.494 e. The first kappa shape index (κ1) is 16.7. The number of benzene rings is 2. The molecule has 0 atom stereocenters. The average Bonchev–Trinajstić information content (AvgIpc) is 3.29. The number of carboxylic acids is 1. The van der Waals surface area contributed by atoms with Crippen LogP contribution >= 0.6 is 0 Å². The molecule has 0 aliphatic carbocycles. The highest BCUT2D eigenvalue weighted by molar-refractivity contribution is 5.94. The molecule has 4 rings (SSSR count). The number of aromatic nitrogens is 4. The predicted molar refractivity (Wildman–Crippen MR) is 92.1 cm³/mol. The fraction of sp³-hybridized carbons (Fsp3) is 0.111. The molecule has 2 N–H and O–H groups in total. The van der Waals surface area contributed by atoms with Gasteiger partial charge in [0.05, 0.1) is 24.6 Å². The Morgan fingerprint density at radius 3 is 2.70 bits per heavy atom. The van der Waals surface area contributed by atoms with Crippen LogP contribution in [0.3, 0.4) is 0 Å². The molecule has 136 valence electrons. The van der Waals surface area contributed by atoms with Crippen LogP contribution in [0.15, 0.2) is 40.8 Å². The van der Waals surface area contributed by atoms with Crippen molar-refractivity contribution in [2.45, 2.75) is 6.42 Å². The number of hydrogen-bond acceptors (Lipinski definition) is 6. The van der Waals surface area contributed by atoms with Gasteiger partial charge in [0.1, 0.15) is 11.3 Å². The topological polar surface area (TPSA) is 114 Å². The Morgan fingerprint density at radius 1 is 1.22 bits per heavy atom. The number of nitrogens with zero attached hydrogens (tertiary/aromatic N) is 3. The van der Waals surface area contributed by atoms with Crippen molar-refractivity contribution < 1.29 is 23.4 Å². The predicted octanol–water partition coefficient (Wildman–Crippen LogP) is 3.05. The summed E-state index contributed by atoms with van der Waals surface area (Å²) in [5.41, 5.74) is 2.18. The van der Waals surface area contributed by atoms with E-state index >= 15 is 0 Å². The molecule has 2 aromatic heterocycles. The number of nitrogens with one attached hydrogen (secondary N) is 1. The van der Waals surface area contributed by atoms with E-state index in [9.17, 15) is 9.18 Å². The summed E-state index contributed by atoms with van der Waals surface area (Å²) >= 11 is 0. The average molecular weight is 368 g/mol. The summed E-state index contributed by atoms with van der Waals surface area (Å²) in [5.74, 6) is -0.786. The fourth-order valence-corrected chi connectivity index (χ4v) is 2.74. The minimum atomic E-state index is -1.17. The normalized spacial score (nSPS) is 11.0. The fourth-order valence-electron chi connectivity index (χ4n) is 2.74. The molecule has 0 spiro atoms. The number of rotatable bonds is 5. The summed E-state index contributed by atoms with van der Waals surface area (Å²) < 4.78 is 24.1. The maximum atomic E-state index is 13.0. The van der Waals surface area contributed by atoms with Crippen molar-refractivity contribution >= 4 is 17.0 Å². The molecule has 2 heterocycles. The van der Waals surface area contributed by atoms with Crippen LogP contribution in [0.5, 0.6) is 5.75 Å². The maximum absolute atomic E-state index is 13.0. The Labute approximate surface area is 151 Å². The van der Waals surface area contributed by atoms with Gasteiger partial charge < -0.3 is 19.2 Å². The van der Waals surface area contributed by atoms with Crippen molar-refractivity contribution in [2.75, 3.05) is 7.11 Å². The molecule has 2 aromatic carbocycles. The zero-order chi connectivity index (χ0) is 19.0. The van der Waals surface area contributed by atoms with Crippen LogP contribution in [0, 0.1) is 5.82 Å². The number of carboxylic acid groups (broad SMARTS) is 1. The van der Waals surface area contributed by atoms with E-state index in [4.69, 9.17) is 14.3 Å². The largest absolute Gasteiger partial charge is 0.494 e. The molecule has 8 nitrogen and oxygen atoms in total. The van der Waals surface area contributed by atoms with Crippen molar-refractivity contribution in [3.05, 3.63) is 59.5 Å². The van der Waals surface area contributed by atoms with E-state index in [1.807, 2.05) is 0 Å². The number of hydrogen-bond donors (Lipinski definition) is 2. The van der Waals surface area contributed by atoms with Gasteiger partial charge in [-0.25, -0.2) is 14.2 Å². The molecule has 0 fully saturated rings. The SMILES string of the molecule is COc1c(-c2nnc(Cc3ccc(F)cc3)o2)ccc2[nH]c(C(=O)O)nc12. The van der Waals surface area contributed by atoms with Gasteiger partial charge >= 0.3 is 5.97 Å². The zero-order valence-corrected chi connectivity index (χ0v) is 14.1. The summed E-state index contributed by atoms with van der Waals surface area (Å²) in [5, 5.41) is 17.1. The Hall–Kier alpha value is -3.75. The van der Waals surface area contributed by atoms with E-state index in [-0.39, 0.29) is 17.5 Å². The van der Waals surface area contributed by atoms with Crippen molar-refractivity contribution in [3.63, 3.8) is 0 Å². The first-order valence-electron chi connectivity index (χ1n) is 7.92. The molecule has 0 aliphatic rings. The van der Waals surface area contributed by atoms with E-state index in [0.717, 1.165) is 5.56 Å². The van der Waals surface area contributed by atoms with Crippen LogP contribution in [0.4, 0.5) is 4.39 Å². The molecule has 0 aliphatic heterocycles. The smallest absolute Gasteiger partial charge is 0.371 e. The van der Waals surface area contributed by atoms with Crippen molar-refractivity contribution in [1.82, 2.24) is 20.2 Å². The van der Waals surface area contributed by atoms with Gasteiger partial charge in [-0.15, -0.1) is 10.2 Å². The highest BCUT2D eigenvalue weighted by Gasteiger charge is 2.20. The summed E-state index contributed by atoms with van der Waals surface area (Å²) in [7, 11) is 1.45.